The molecule has 0 aromatic heterocycles. The van der Waals surface area contributed by atoms with Crippen molar-refractivity contribution in [3.05, 3.63) is 64.7 Å². The molecule has 37 heavy (non-hydrogen) atoms. The van der Waals surface area contributed by atoms with E-state index in [1.165, 1.54) is 10.6 Å². The number of hydrogen-bond donors (Lipinski definition) is 1. The molecule has 0 saturated carbocycles. The van der Waals surface area contributed by atoms with Crippen LogP contribution in [-0.4, -0.2) is 50.0 Å². The van der Waals surface area contributed by atoms with Crippen LogP contribution >= 0.6 is 0 Å². The molecule has 7 nitrogen and oxygen atoms in total. The maximum Gasteiger partial charge on any atom is 0.243 e. The Morgan fingerprint density at radius 2 is 1.59 bits per heavy atom. The van der Waals surface area contributed by atoms with E-state index in [0.29, 0.717) is 25.1 Å². The van der Waals surface area contributed by atoms with Crippen LogP contribution in [0.1, 0.15) is 68.7 Å². The molecule has 8 heteroatoms. The number of anilines is 1. The summed E-state index contributed by atoms with van der Waals surface area (Å²) in [6.07, 6.45) is 2.94. The number of rotatable bonds is 13. The highest BCUT2D eigenvalue weighted by Gasteiger charge is 2.29. The molecule has 204 valence electrons. The highest BCUT2D eigenvalue weighted by atomic mass is 32.2. The van der Waals surface area contributed by atoms with Crippen LogP contribution in [0.5, 0.6) is 0 Å². The van der Waals surface area contributed by atoms with E-state index in [4.69, 9.17) is 0 Å². The zero-order valence-electron chi connectivity index (χ0n) is 23.4. The van der Waals surface area contributed by atoms with Gasteiger partial charge >= 0.3 is 0 Å². The first-order valence-corrected chi connectivity index (χ1v) is 14.9. The van der Waals surface area contributed by atoms with Gasteiger partial charge in [0, 0.05) is 25.6 Å². The molecule has 0 fully saturated rings. The summed E-state index contributed by atoms with van der Waals surface area (Å²) in [5, 5.41) is 3.02. The minimum absolute atomic E-state index is 0.0121. The Kier molecular flexibility index (Phi) is 11.2. The second-order valence-corrected chi connectivity index (χ2v) is 11.9. The van der Waals surface area contributed by atoms with Gasteiger partial charge in [-0.1, -0.05) is 44.2 Å². The molecule has 0 aliphatic rings. The van der Waals surface area contributed by atoms with Crippen molar-refractivity contribution < 1.29 is 18.0 Å². The summed E-state index contributed by atoms with van der Waals surface area (Å²) in [4.78, 5) is 28.4. The van der Waals surface area contributed by atoms with Gasteiger partial charge in [-0.05, 0) is 81.3 Å². The SMILES string of the molecule is CC[C@H](C(=O)N[C@@H](C)CC)N(Cc1ccccc1C)C(=O)CCCN(c1cc(C)cc(C)c1)S(C)(=O)=O. The lowest BCUT2D eigenvalue weighted by Crippen LogP contribution is -2.50. The van der Waals surface area contributed by atoms with Crippen molar-refractivity contribution in [1.29, 1.82) is 0 Å². The summed E-state index contributed by atoms with van der Waals surface area (Å²) in [5.74, 6) is -0.324. The van der Waals surface area contributed by atoms with Crippen molar-refractivity contribution in [2.24, 2.45) is 0 Å². The summed E-state index contributed by atoms with van der Waals surface area (Å²) in [7, 11) is -3.53. The number of aryl methyl sites for hydroxylation is 3. The summed E-state index contributed by atoms with van der Waals surface area (Å²) >= 11 is 0. The summed E-state index contributed by atoms with van der Waals surface area (Å²) in [5.41, 5.74) is 4.59. The Morgan fingerprint density at radius 1 is 0.973 bits per heavy atom. The number of nitrogens with one attached hydrogen (secondary N) is 1. The van der Waals surface area contributed by atoms with E-state index in [1.54, 1.807) is 4.90 Å². The van der Waals surface area contributed by atoms with E-state index < -0.39 is 16.1 Å². The van der Waals surface area contributed by atoms with Crippen molar-refractivity contribution in [2.75, 3.05) is 17.1 Å². The largest absolute Gasteiger partial charge is 0.352 e. The van der Waals surface area contributed by atoms with Gasteiger partial charge in [-0.25, -0.2) is 8.42 Å². The van der Waals surface area contributed by atoms with Gasteiger partial charge < -0.3 is 10.2 Å². The molecule has 2 rings (SSSR count). The molecule has 2 atom stereocenters. The Bertz CT molecular complexity index is 1160. The number of hydrogen-bond acceptors (Lipinski definition) is 4. The predicted octanol–water partition coefficient (Wildman–Crippen LogP) is 4.88. The monoisotopic (exact) mass is 529 g/mol. The quantitative estimate of drug-likeness (QED) is 0.401. The Hall–Kier alpha value is -2.87. The average molecular weight is 530 g/mol. The number of amides is 2. The van der Waals surface area contributed by atoms with E-state index in [0.717, 1.165) is 28.7 Å². The van der Waals surface area contributed by atoms with Crippen molar-refractivity contribution >= 4 is 27.5 Å². The van der Waals surface area contributed by atoms with Gasteiger partial charge in [-0.15, -0.1) is 0 Å². The van der Waals surface area contributed by atoms with Crippen LogP contribution in [0.3, 0.4) is 0 Å². The van der Waals surface area contributed by atoms with Gasteiger partial charge in [-0.3, -0.25) is 13.9 Å². The van der Waals surface area contributed by atoms with E-state index >= 15 is 0 Å². The lowest BCUT2D eigenvalue weighted by molar-refractivity contribution is -0.141. The normalized spacial score (nSPS) is 13.1. The van der Waals surface area contributed by atoms with Crippen molar-refractivity contribution in [2.45, 2.75) is 85.9 Å². The number of sulfonamides is 1. The molecule has 0 unspecified atom stereocenters. The number of benzene rings is 2. The Labute approximate surface area is 223 Å². The first kappa shape index (κ1) is 30.4. The van der Waals surface area contributed by atoms with E-state index in [1.807, 2.05) is 84.0 Å². The third-order valence-electron chi connectivity index (χ3n) is 6.64. The molecule has 0 saturated heterocycles. The van der Waals surface area contributed by atoms with Crippen LogP contribution in [0, 0.1) is 20.8 Å². The highest BCUT2D eigenvalue weighted by molar-refractivity contribution is 7.92. The van der Waals surface area contributed by atoms with Crippen molar-refractivity contribution in [1.82, 2.24) is 10.2 Å². The Morgan fingerprint density at radius 3 is 2.14 bits per heavy atom. The predicted molar refractivity (Wildman–Crippen MR) is 151 cm³/mol. The second kappa shape index (κ2) is 13.6. The third-order valence-corrected chi connectivity index (χ3v) is 7.83. The third kappa shape index (κ3) is 8.88. The molecular formula is C29H43N3O4S. The summed E-state index contributed by atoms with van der Waals surface area (Å²) in [6.45, 7) is 12.2. The molecule has 0 aliphatic heterocycles. The van der Waals surface area contributed by atoms with E-state index in [2.05, 4.69) is 5.32 Å². The van der Waals surface area contributed by atoms with Crippen LogP contribution in [0.15, 0.2) is 42.5 Å². The van der Waals surface area contributed by atoms with Crippen molar-refractivity contribution in [3.8, 4) is 0 Å². The van der Waals surface area contributed by atoms with Crippen LogP contribution in [0.4, 0.5) is 5.69 Å². The lowest BCUT2D eigenvalue weighted by atomic mass is 10.0. The fourth-order valence-corrected chi connectivity index (χ4v) is 5.38. The van der Waals surface area contributed by atoms with Crippen LogP contribution in [-0.2, 0) is 26.2 Å². The van der Waals surface area contributed by atoms with Crippen LogP contribution in [0.25, 0.3) is 0 Å². The lowest BCUT2D eigenvalue weighted by Gasteiger charge is -2.32. The maximum atomic E-state index is 13.6. The summed E-state index contributed by atoms with van der Waals surface area (Å²) in [6, 6.07) is 12.9. The fourth-order valence-electron chi connectivity index (χ4n) is 4.43. The topological polar surface area (TPSA) is 86.8 Å². The Balaban J connectivity index is 2.26. The molecule has 2 amide bonds. The molecule has 0 bridgehead atoms. The molecule has 2 aromatic carbocycles. The van der Waals surface area contributed by atoms with Crippen LogP contribution in [0.2, 0.25) is 0 Å². The molecule has 1 N–H and O–H groups in total. The van der Waals surface area contributed by atoms with Gasteiger partial charge in [-0.2, -0.15) is 0 Å². The molecular weight excluding hydrogens is 486 g/mol. The van der Waals surface area contributed by atoms with Crippen LogP contribution < -0.4 is 9.62 Å². The maximum absolute atomic E-state index is 13.6. The first-order valence-electron chi connectivity index (χ1n) is 13.1. The zero-order chi connectivity index (χ0) is 27.8. The number of carbonyl (C=O) groups excluding carboxylic acids is 2. The molecule has 2 aromatic rings. The zero-order valence-corrected chi connectivity index (χ0v) is 24.2. The van der Waals surface area contributed by atoms with Gasteiger partial charge in [0.05, 0.1) is 11.9 Å². The molecule has 0 spiro atoms. The minimum atomic E-state index is -3.53. The van der Waals surface area contributed by atoms with Gasteiger partial charge in [0.15, 0.2) is 0 Å². The minimum Gasteiger partial charge on any atom is -0.352 e. The van der Waals surface area contributed by atoms with Gasteiger partial charge in [0.1, 0.15) is 6.04 Å². The van der Waals surface area contributed by atoms with Gasteiger partial charge in [0.25, 0.3) is 0 Å². The fraction of sp³-hybridized carbons (Fsp3) is 0.517. The number of carbonyl (C=O) groups is 2. The standard InChI is InChI=1S/C29H43N3O4S/c1-8-24(6)30-29(34)27(9-2)31(20-25-14-11-10-13-23(25)5)28(33)15-12-16-32(37(7,35)36)26-18-21(3)17-22(4)19-26/h10-11,13-14,17-19,24,27H,8-9,12,15-16,20H2,1-7H3,(H,30,34)/t24-,27+/m0/s1. The van der Waals surface area contributed by atoms with E-state index in [9.17, 15) is 18.0 Å². The average Bonchev–Trinajstić information content (AvgIpc) is 2.81. The van der Waals surface area contributed by atoms with Gasteiger partial charge in [0.2, 0.25) is 21.8 Å². The molecule has 0 radical (unpaired) electrons. The number of nitrogens with zero attached hydrogens (tertiary/aromatic N) is 2. The smallest absolute Gasteiger partial charge is 0.243 e. The van der Waals surface area contributed by atoms with Crippen molar-refractivity contribution in [3.63, 3.8) is 0 Å². The van der Waals surface area contributed by atoms with E-state index in [-0.39, 0.29) is 30.8 Å². The highest BCUT2D eigenvalue weighted by Crippen LogP contribution is 2.23. The second-order valence-electron chi connectivity index (χ2n) is 9.97. The molecule has 0 aliphatic carbocycles. The first-order chi connectivity index (χ1) is 17.4. The molecule has 0 heterocycles. The summed E-state index contributed by atoms with van der Waals surface area (Å²) < 4.78 is 26.6.